The molecule has 0 aromatic heterocycles. The Morgan fingerprint density at radius 2 is 2.12 bits per heavy atom. The van der Waals surface area contributed by atoms with Crippen molar-refractivity contribution < 1.29 is 14.3 Å². The molecule has 1 aliphatic heterocycles. The summed E-state index contributed by atoms with van der Waals surface area (Å²) in [6.45, 7) is 3.83. The molecular weight excluding hydrogens is 204 g/mol. The van der Waals surface area contributed by atoms with Crippen molar-refractivity contribution in [1.29, 1.82) is 0 Å². The van der Waals surface area contributed by atoms with E-state index in [1.54, 1.807) is 7.11 Å². The SMILES string of the molecule is COc1ccccc1[C@]1(C)C[C@H](C)C(=O)O1. The van der Waals surface area contributed by atoms with Gasteiger partial charge >= 0.3 is 5.97 Å². The van der Waals surface area contributed by atoms with Crippen molar-refractivity contribution in [3.8, 4) is 5.75 Å². The summed E-state index contributed by atoms with van der Waals surface area (Å²) in [6.07, 6.45) is 0.701. The van der Waals surface area contributed by atoms with Crippen LogP contribution in [0.3, 0.4) is 0 Å². The van der Waals surface area contributed by atoms with Gasteiger partial charge in [0, 0.05) is 12.0 Å². The van der Waals surface area contributed by atoms with E-state index in [1.165, 1.54) is 0 Å². The predicted molar refractivity (Wildman–Crippen MR) is 60.2 cm³/mol. The van der Waals surface area contributed by atoms with Crippen LogP contribution < -0.4 is 4.74 Å². The number of hydrogen-bond donors (Lipinski definition) is 0. The number of benzene rings is 1. The van der Waals surface area contributed by atoms with Gasteiger partial charge in [0.25, 0.3) is 0 Å². The zero-order valence-corrected chi connectivity index (χ0v) is 9.82. The van der Waals surface area contributed by atoms with Crippen LogP contribution in [0.15, 0.2) is 24.3 Å². The van der Waals surface area contributed by atoms with Gasteiger partial charge in [0.1, 0.15) is 11.4 Å². The van der Waals surface area contributed by atoms with Crippen molar-refractivity contribution in [2.24, 2.45) is 5.92 Å². The summed E-state index contributed by atoms with van der Waals surface area (Å²) >= 11 is 0. The first-order valence-electron chi connectivity index (χ1n) is 5.43. The van der Waals surface area contributed by atoms with E-state index in [0.717, 1.165) is 11.3 Å². The van der Waals surface area contributed by atoms with E-state index in [2.05, 4.69) is 0 Å². The van der Waals surface area contributed by atoms with Gasteiger partial charge in [-0.15, -0.1) is 0 Å². The van der Waals surface area contributed by atoms with Gasteiger partial charge in [0.15, 0.2) is 0 Å². The van der Waals surface area contributed by atoms with E-state index < -0.39 is 5.60 Å². The molecule has 86 valence electrons. The summed E-state index contributed by atoms with van der Waals surface area (Å²) in [6, 6.07) is 7.67. The molecule has 16 heavy (non-hydrogen) atoms. The van der Waals surface area contributed by atoms with E-state index in [-0.39, 0.29) is 11.9 Å². The lowest BCUT2D eigenvalue weighted by atomic mass is 9.89. The third kappa shape index (κ3) is 1.66. The highest BCUT2D eigenvalue weighted by atomic mass is 16.6. The van der Waals surface area contributed by atoms with Gasteiger partial charge in [-0.3, -0.25) is 4.79 Å². The van der Waals surface area contributed by atoms with Crippen LogP contribution >= 0.6 is 0 Å². The van der Waals surface area contributed by atoms with E-state index in [4.69, 9.17) is 9.47 Å². The Labute approximate surface area is 95.4 Å². The van der Waals surface area contributed by atoms with Crippen molar-refractivity contribution in [3.63, 3.8) is 0 Å². The molecular formula is C13H16O3. The Hall–Kier alpha value is -1.51. The molecule has 1 saturated heterocycles. The maximum Gasteiger partial charge on any atom is 0.309 e. The molecule has 1 aromatic carbocycles. The number of rotatable bonds is 2. The van der Waals surface area contributed by atoms with Crippen LogP contribution in [0, 0.1) is 5.92 Å². The monoisotopic (exact) mass is 220 g/mol. The molecule has 3 nitrogen and oxygen atoms in total. The van der Waals surface area contributed by atoms with E-state index >= 15 is 0 Å². The fourth-order valence-electron chi connectivity index (χ4n) is 2.28. The lowest BCUT2D eigenvalue weighted by Crippen LogP contribution is -2.21. The van der Waals surface area contributed by atoms with Crippen molar-refractivity contribution in [2.75, 3.05) is 7.11 Å². The molecule has 0 unspecified atom stereocenters. The highest BCUT2D eigenvalue weighted by Gasteiger charge is 2.43. The zero-order chi connectivity index (χ0) is 11.8. The quantitative estimate of drug-likeness (QED) is 0.718. The molecule has 0 radical (unpaired) electrons. The molecule has 2 atom stereocenters. The summed E-state index contributed by atoms with van der Waals surface area (Å²) in [4.78, 5) is 11.5. The average Bonchev–Trinajstić information content (AvgIpc) is 2.54. The maximum absolute atomic E-state index is 11.5. The molecule has 0 N–H and O–H groups in total. The van der Waals surface area contributed by atoms with Crippen molar-refractivity contribution in [2.45, 2.75) is 25.9 Å². The van der Waals surface area contributed by atoms with Crippen molar-refractivity contribution in [3.05, 3.63) is 29.8 Å². The van der Waals surface area contributed by atoms with E-state index in [0.29, 0.717) is 6.42 Å². The molecule has 1 fully saturated rings. The third-order valence-electron chi connectivity index (χ3n) is 3.10. The highest BCUT2D eigenvalue weighted by Crippen LogP contribution is 2.42. The number of methoxy groups -OCH3 is 1. The third-order valence-corrected chi connectivity index (χ3v) is 3.10. The number of hydrogen-bond acceptors (Lipinski definition) is 3. The Kier molecular flexibility index (Phi) is 2.62. The van der Waals surface area contributed by atoms with Crippen LogP contribution in [-0.4, -0.2) is 13.1 Å². The lowest BCUT2D eigenvalue weighted by Gasteiger charge is -2.25. The molecule has 0 aliphatic carbocycles. The van der Waals surface area contributed by atoms with Gasteiger partial charge in [0.2, 0.25) is 0 Å². The predicted octanol–water partition coefficient (Wildman–Crippen LogP) is 2.49. The first-order chi connectivity index (χ1) is 7.57. The molecule has 1 aliphatic rings. The Balaban J connectivity index is 2.40. The standard InChI is InChI=1S/C13H16O3/c1-9-8-13(2,16-12(9)14)10-6-4-5-7-11(10)15-3/h4-7,9H,8H2,1-3H3/t9-,13-/m0/s1. The Morgan fingerprint density at radius 1 is 1.44 bits per heavy atom. The maximum atomic E-state index is 11.5. The molecule has 0 amide bonds. The average molecular weight is 220 g/mol. The number of carbonyl (C=O) groups excluding carboxylic acids is 1. The van der Waals surface area contributed by atoms with Crippen LogP contribution in [0.25, 0.3) is 0 Å². The topological polar surface area (TPSA) is 35.5 Å². The molecule has 1 heterocycles. The van der Waals surface area contributed by atoms with Gasteiger partial charge in [-0.1, -0.05) is 25.1 Å². The summed E-state index contributed by atoms with van der Waals surface area (Å²) in [7, 11) is 1.63. The summed E-state index contributed by atoms with van der Waals surface area (Å²) in [5, 5.41) is 0. The van der Waals surface area contributed by atoms with Gasteiger partial charge < -0.3 is 9.47 Å². The van der Waals surface area contributed by atoms with Crippen LogP contribution in [0.1, 0.15) is 25.8 Å². The number of cyclic esters (lactones) is 1. The van der Waals surface area contributed by atoms with Crippen molar-refractivity contribution >= 4 is 5.97 Å². The van der Waals surface area contributed by atoms with Gasteiger partial charge in [-0.25, -0.2) is 0 Å². The van der Waals surface area contributed by atoms with Crippen LogP contribution in [0.5, 0.6) is 5.75 Å². The second-order valence-electron chi connectivity index (χ2n) is 4.46. The van der Waals surface area contributed by atoms with Crippen LogP contribution in [-0.2, 0) is 15.1 Å². The number of para-hydroxylation sites is 1. The summed E-state index contributed by atoms with van der Waals surface area (Å²) < 4.78 is 10.8. The highest BCUT2D eigenvalue weighted by molar-refractivity contribution is 5.75. The van der Waals surface area contributed by atoms with Gasteiger partial charge in [-0.2, -0.15) is 0 Å². The molecule has 0 saturated carbocycles. The van der Waals surface area contributed by atoms with E-state index in [9.17, 15) is 4.79 Å². The first kappa shape index (κ1) is 11.0. The summed E-state index contributed by atoms with van der Waals surface area (Å²) in [5.41, 5.74) is 0.388. The largest absolute Gasteiger partial charge is 0.496 e. The fraction of sp³-hybridized carbons (Fsp3) is 0.462. The van der Waals surface area contributed by atoms with Gasteiger partial charge in [0.05, 0.1) is 13.0 Å². The number of carbonyl (C=O) groups is 1. The molecule has 2 rings (SSSR count). The number of ether oxygens (including phenoxy) is 2. The first-order valence-corrected chi connectivity index (χ1v) is 5.43. The normalized spacial score (nSPS) is 28.9. The number of esters is 1. The minimum absolute atomic E-state index is 0.0464. The minimum Gasteiger partial charge on any atom is -0.496 e. The second kappa shape index (κ2) is 3.81. The van der Waals surface area contributed by atoms with E-state index in [1.807, 2.05) is 38.1 Å². The molecule has 1 aromatic rings. The van der Waals surface area contributed by atoms with Gasteiger partial charge in [-0.05, 0) is 13.0 Å². The summed E-state index contributed by atoms with van der Waals surface area (Å²) in [5.74, 6) is 0.593. The van der Waals surface area contributed by atoms with Crippen LogP contribution in [0.2, 0.25) is 0 Å². The van der Waals surface area contributed by atoms with Crippen molar-refractivity contribution in [1.82, 2.24) is 0 Å². The Bertz CT molecular complexity index is 413. The second-order valence-corrected chi connectivity index (χ2v) is 4.46. The zero-order valence-electron chi connectivity index (χ0n) is 9.82. The molecule has 0 bridgehead atoms. The Morgan fingerprint density at radius 3 is 2.69 bits per heavy atom. The smallest absolute Gasteiger partial charge is 0.309 e. The lowest BCUT2D eigenvalue weighted by molar-refractivity contribution is -0.149. The molecule has 0 spiro atoms. The molecule has 3 heteroatoms. The van der Waals surface area contributed by atoms with Crippen LogP contribution in [0.4, 0.5) is 0 Å². The fourth-order valence-corrected chi connectivity index (χ4v) is 2.28. The minimum atomic E-state index is -0.552.